The molecule has 1 aromatic heterocycles. The lowest BCUT2D eigenvalue weighted by atomic mass is 10.1. The summed E-state index contributed by atoms with van der Waals surface area (Å²) in [5.41, 5.74) is 3.45. The number of hydrogen-bond donors (Lipinski definition) is 1. The van der Waals surface area contributed by atoms with Crippen molar-refractivity contribution in [1.29, 1.82) is 0 Å². The molecule has 5 nitrogen and oxygen atoms in total. The molecule has 1 aromatic rings. The Morgan fingerprint density at radius 1 is 1.39 bits per heavy atom. The quantitative estimate of drug-likeness (QED) is 0.842. The summed E-state index contributed by atoms with van der Waals surface area (Å²) in [6.07, 6.45) is 3.48. The number of nitrogens with one attached hydrogen (secondary N) is 1. The second-order valence-electron chi connectivity index (χ2n) is 6.01. The third-order valence-corrected chi connectivity index (χ3v) is 4.51. The number of amides is 1. The van der Waals surface area contributed by atoms with Gasteiger partial charge >= 0.3 is 0 Å². The van der Waals surface area contributed by atoms with Gasteiger partial charge < -0.3 is 10.2 Å². The monoisotopic (exact) mass is 364 g/mol. The summed E-state index contributed by atoms with van der Waals surface area (Å²) in [4.78, 5) is 14.7. The van der Waals surface area contributed by atoms with Gasteiger partial charge in [0.05, 0.1) is 5.69 Å². The van der Waals surface area contributed by atoms with Gasteiger partial charge in [-0.15, -0.1) is 24.8 Å². The van der Waals surface area contributed by atoms with E-state index >= 15 is 0 Å². The molecule has 1 unspecified atom stereocenters. The van der Waals surface area contributed by atoms with Crippen LogP contribution in [0.1, 0.15) is 43.1 Å². The third kappa shape index (κ3) is 5.37. The van der Waals surface area contributed by atoms with E-state index in [1.807, 2.05) is 18.7 Å². The zero-order valence-corrected chi connectivity index (χ0v) is 16.2. The van der Waals surface area contributed by atoms with Gasteiger partial charge in [0.2, 0.25) is 5.91 Å². The Balaban J connectivity index is 0.00000242. The fourth-order valence-electron chi connectivity index (χ4n) is 3.21. The minimum atomic E-state index is 0. The maximum atomic E-state index is 12.6. The first-order chi connectivity index (χ1) is 10.0. The van der Waals surface area contributed by atoms with Crippen LogP contribution in [0, 0.1) is 13.8 Å². The normalized spacial score (nSPS) is 16.6. The van der Waals surface area contributed by atoms with Crippen molar-refractivity contribution in [2.45, 2.75) is 52.5 Å². The Labute approximate surface area is 152 Å². The Morgan fingerprint density at radius 2 is 2.09 bits per heavy atom. The molecule has 1 aliphatic heterocycles. The highest BCUT2D eigenvalue weighted by Crippen LogP contribution is 2.17. The molecule has 0 radical (unpaired) electrons. The molecule has 1 amide bonds. The number of carbonyl (C=O) groups excluding carboxylic acids is 1. The van der Waals surface area contributed by atoms with Crippen molar-refractivity contribution in [3.8, 4) is 0 Å². The van der Waals surface area contributed by atoms with E-state index in [-0.39, 0.29) is 30.7 Å². The number of carbonyl (C=O) groups is 1. The molecule has 1 atom stereocenters. The fourth-order valence-corrected chi connectivity index (χ4v) is 3.21. The molecule has 0 aliphatic carbocycles. The molecule has 134 valence electrons. The highest BCUT2D eigenvalue weighted by molar-refractivity contribution is 5.85. The average molecular weight is 365 g/mol. The van der Waals surface area contributed by atoms with Gasteiger partial charge in [-0.2, -0.15) is 5.10 Å². The molecule has 1 fully saturated rings. The predicted molar refractivity (Wildman–Crippen MR) is 98.8 cm³/mol. The standard InChI is InChI=1S/C16H28N4O.2ClH/c1-5-10-20(14-8-9-17-11-14)16(21)7-6-15-12(2)18-19(4)13(15)3;;/h14,17H,5-11H2,1-4H3;2*1H. The van der Waals surface area contributed by atoms with E-state index in [0.717, 1.165) is 44.6 Å². The summed E-state index contributed by atoms with van der Waals surface area (Å²) in [5.74, 6) is 0.285. The van der Waals surface area contributed by atoms with E-state index in [1.165, 1.54) is 11.3 Å². The van der Waals surface area contributed by atoms with E-state index in [1.54, 1.807) is 0 Å². The minimum Gasteiger partial charge on any atom is -0.338 e. The number of rotatable bonds is 6. The minimum absolute atomic E-state index is 0. The molecule has 0 aromatic carbocycles. The van der Waals surface area contributed by atoms with Crippen LogP contribution in [0.3, 0.4) is 0 Å². The average Bonchev–Trinajstić information content (AvgIpc) is 3.05. The van der Waals surface area contributed by atoms with Crippen molar-refractivity contribution in [3.05, 3.63) is 17.0 Å². The van der Waals surface area contributed by atoms with Crippen LogP contribution in [-0.4, -0.2) is 46.3 Å². The van der Waals surface area contributed by atoms with Crippen LogP contribution in [0.4, 0.5) is 0 Å². The van der Waals surface area contributed by atoms with Gasteiger partial charge in [0, 0.05) is 38.3 Å². The van der Waals surface area contributed by atoms with Crippen LogP contribution in [0.5, 0.6) is 0 Å². The van der Waals surface area contributed by atoms with Gasteiger partial charge in [-0.25, -0.2) is 0 Å². The Kier molecular flexibility index (Phi) is 9.82. The van der Waals surface area contributed by atoms with Crippen molar-refractivity contribution in [2.75, 3.05) is 19.6 Å². The highest BCUT2D eigenvalue weighted by atomic mass is 35.5. The molecule has 0 bridgehead atoms. The number of aromatic nitrogens is 2. The number of nitrogens with zero attached hydrogens (tertiary/aromatic N) is 3. The predicted octanol–water partition coefficient (Wildman–Crippen LogP) is 2.41. The first kappa shape index (κ1) is 22.2. The summed E-state index contributed by atoms with van der Waals surface area (Å²) < 4.78 is 1.90. The van der Waals surface area contributed by atoms with Crippen LogP contribution >= 0.6 is 24.8 Å². The Hall–Kier alpha value is -0.780. The van der Waals surface area contributed by atoms with E-state index in [0.29, 0.717) is 12.5 Å². The topological polar surface area (TPSA) is 50.2 Å². The SMILES string of the molecule is CCCN(C(=O)CCc1c(C)nn(C)c1C)C1CCNC1.Cl.Cl. The lowest BCUT2D eigenvalue weighted by Crippen LogP contribution is -2.42. The maximum Gasteiger partial charge on any atom is 0.223 e. The third-order valence-electron chi connectivity index (χ3n) is 4.51. The van der Waals surface area contributed by atoms with Crippen LogP contribution < -0.4 is 5.32 Å². The van der Waals surface area contributed by atoms with Crippen molar-refractivity contribution >= 4 is 30.7 Å². The zero-order chi connectivity index (χ0) is 15.4. The van der Waals surface area contributed by atoms with Gasteiger partial charge in [0.1, 0.15) is 0 Å². The van der Waals surface area contributed by atoms with Crippen molar-refractivity contribution < 1.29 is 4.79 Å². The van der Waals surface area contributed by atoms with Gasteiger partial charge in [0.25, 0.3) is 0 Å². The van der Waals surface area contributed by atoms with E-state index in [4.69, 9.17) is 0 Å². The molecule has 0 spiro atoms. The summed E-state index contributed by atoms with van der Waals surface area (Å²) >= 11 is 0. The summed E-state index contributed by atoms with van der Waals surface area (Å²) in [6.45, 7) is 9.08. The van der Waals surface area contributed by atoms with Crippen molar-refractivity contribution in [3.63, 3.8) is 0 Å². The van der Waals surface area contributed by atoms with E-state index in [9.17, 15) is 4.79 Å². The number of aryl methyl sites for hydroxylation is 2. The smallest absolute Gasteiger partial charge is 0.223 e. The molecule has 2 rings (SSSR count). The number of hydrogen-bond acceptors (Lipinski definition) is 3. The number of halogens is 2. The van der Waals surface area contributed by atoms with Crippen LogP contribution in [0.25, 0.3) is 0 Å². The largest absolute Gasteiger partial charge is 0.338 e. The molecule has 1 saturated heterocycles. The molecule has 23 heavy (non-hydrogen) atoms. The lowest BCUT2D eigenvalue weighted by Gasteiger charge is -2.28. The second kappa shape index (κ2) is 10.2. The molecule has 1 aliphatic rings. The summed E-state index contributed by atoms with van der Waals surface area (Å²) in [5, 5.41) is 7.78. The fraction of sp³-hybridized carbons (Fsp3) is 0.750. The van der Waals surface area contributed by atoms with Crippen LogP contribution in [-0.2, 0) is 18.3 Å². The van der Waals surface area contributed by atoms with Crippen molar-refractivity contribution in [1.82, 2.24) is 20.0 Å². The van der Waals surface area contributed by atoms with Gasteiger partial charge in [-0.05, 0) is 45.2 Å². The Bertz CT molecular complexity index is 499. The van der Waals surface area contributed by atoms with Crippen LogP contribution in [0.15, 0.2) is 0 Å². The second-order valence-corrected chi connectivity index (χ2v) is 6.01. The molecule has 7 heteroatoms. The molecule has 1 N–H and O–H groups in total. The van der Waals surface area contributed by atoms with E-state index in [2.05, 4.69) is 29.2 Å². The molecule has 2 heterocycles. The zero-order valence-electron chi connectivity index (χ0n) is 14.6. The lowest BCUT2D eigenvalue weighted by molar-refractivity contribution is -0.133. The Morgan fingerprint density at radius 3 is 2.57 bits per heavy atom. The highest BCUT2D eigenvalue weighted by Gasteiger charge is 2.25. The van der Waals surface area contributed by atoms with Crippen molar-refractivity contribution in [2.24, 2.45) is 7.05 Å². The van der Waals surface area contributed by atoms with E-state index < -0.39 is 0 Å². The summed E-state index contributed by atoms with van der Waals surface area (Å²) in [7, 11) is 1.96. The molecule has 0 saturated carbocycles. The van der Waals surface area contributed by atoms with Gasteiger partial charge in [-0.3, -0.25) is 9.48 Å². The first-order valence-corrected chi connectivity index (χ1v) is 8.03. The first-order valence-electron chi connectivity index (χ1n) is 8.03. The van der Waals surface area contributed by atoms with Gasteiger partial charge in [-0.1, -0.05) is 6.92 Å². The molecular formula is C16H30Cl2N4O. The maximum absolute atomic E-state index is 12.6. The summed E-state index contributed by atoms with van der Waals surface area (Å²) in [6, 6.07) is 0.383. The molecular weight excluding hydrogens is 335 g/mol. The van der Waals surface area contributed by atoms with Crippen LogP contribution in [0.2, 0.25) is 0 Å². The van der Waals surface area contributed by atoms with Gasteiger partial charge in [0.15, 0.2) is 0 Å².